The lowest BCUT2D eigenvalue weighted by Gasteiger charge is -2.32. The second-order valence-corrected chi connectivity index (χ2v) is 11.1. The van der Waals surface area contributed by atoms with Gasteiger partial charge in [-0.3, -0.25) is 24.6 Å². The number of hydrogen-bond donors (Lipinski definition) is 1. The molecular weight excluding hydrogens is 500 g/mol. The molecule has 2 aromatic rings. The molecule has 2 saturated heterocycles. The maximum Gasteiger partial charge on any atom is 0.249 e. The van der Waals surface area contributed by atoms with E-state index in [9.17, 15) is 23.2 Å². The lowest BCUT2D eigenvalue weighted by molar-refractivity contribution is -0.136. The SMILES string of the molecule is CC1(C)C(=O)N(C2CCC(=O)NC2=O)c2cccc(CCN3CCC(c4ccc(Cl)c(F)c4F)CC3)c21. The molecule has 3 aliphatic rings. The van der Waals surface area contributed by atoms with Crippen LogP contribution in [-0.2, 0) is 26.2 Å². The monoisotopic (exact) mass is 529 g/mol. The van der Waals surface area contributed by atoms with Crippen LogP contribution in [0.1, 0.15) is 62.1 Å². The summed E-state index contributed by atoms with van der Waals surface area (Å²) in [5, 5.41) is 2.16. The Hall–Kier alpha value is -2.84. The van der Waals surface area contributed by atoms with E-state index in [0.29, 0.717) is 12.0 Å². The molecule has 1 atom stereocenters. The first kappa shape index (κ1) is 25.8. The normalized spacial score (nSPS) is 22.4. The fourth-order valence-electron chi connectivity index (χ4n) is 6.07. The van der Waals surface area contributed by atoms with Crippen LogP contribution in [0.15, 0.2) is 30.3 Å². The summed E-state index contributed by atoms with van der Waals surface area (Å²) in [6.07, 6.45) is 2.68. The lowest BCUT2D eigenvalue weighted by Crippen LogP contribution is -2.55. The Bertz CT molecular complexity index is 1270. The molecule has 9 heteroatoms. The van der Waals surface area contributed by atoms with Gasteiger partial charge in [0.2, 0.25) is 17.7 Å². The molecule has 196 valence electrons. The van der Waals surface area contributed by atoms with Crippen LogP contribution in [0.3, 0.4) is 0 Å². The van der Waals surface area contributed by atoms with E-state index in [1.165, 1.54) is 6.07 Å². The molecule has 2 aromatic carbocycles. The van der Waals surface area contributed by atoms with Crippen molar-refractivity contribution in [1.29, 1.82) is 0 Å². The fourth-order valence-corrected chi connectivity index (χ4v) is 6.22. The van der Waals surface area contributed by atoms with Gasteiger partial charge in [-0.25, -0.2) is 8.78 Å². The standard InChI is InChI=1S/C28H30ClF2N3O3/c1-28(2)23-17(4-3-5-20(23)34(27(28)37)21-8-9-22(35)32-26(21)36)12-15-33-13-10-16(11-14-33)18-6-7-19(29)25(31)24(18)30/h3-7,16,21H,8-15H2,1-2H3,(H,32,35,36). The van der Waals surface area contributed by atoms with E-state index in [-0.39, 0.29) is 29.2 Å². The van der Waals surface area contributed by atoms with E-state index in [1.54, 1.807) is 11.0 Å². The molecule has 0 saturated carbocycles. The van der Waals surface area contributed by atoms with Gasteiger partial charge in [0.1, 0.15) is 6.04 Å². The maximum atomic E-state index is 14.4. The van der Waals surface area contributed by atoms with Crippen LogP contribution in [0, 0.1) is 11.6 Å². The number of nitrogens with one attached hydrogen (secondary N) is 1. The van der Waals surface area contributed by atoms with Crippen LogP contribution in [0.4, 0.5) is 14.5 Å². The highest BCUT2D eigenvalue weighted by Gasteiger charge is 2.49. The van der Waals surface area contributed by atoms with Crippen LogP contribution in [-0.4, -0.2) is 48.3 Å². The quantitative estimate of drug-likeness (QED) is 0.458. The van der Waals surface area contributed by atoms with E-state index < -0.39 is 29.0 Å². The molecule has 1 unspecified atom stereocenters. The zero-order valence-corrected chi connectivity index (χ0v) is 21.7. The highest BCUT2D eigenvalue weighted by Crippen LogP contribution is 2.45. The summed E-state index contributed by atoms with van der Waals surface area (Å²) in [6, 6.07) is 8.12. The van der Waals surface area contributed by atoms with E-state index in [4.69, 9.17) is 11.6 Å². The molecule has 5 rings (SSSR count). The summed E-state index contributed by atoms with van der Waals surface area (Å²) in [7, 11) is 0. The van der Waals surface area contributed by atoms with Crippen molar-refractivity contribution in [3.05, 3.63) is 63.7 Å². The lowest BCUT2D eigenvalue weighted by atomic mass is 9.82. The van der Waals surface area contributed by atoms with Gasteiger partial charge in [-0.15, -0.1) is 0 Å². The first-order valence-corrected chi connectivity index (χ1v) is 13.1. The molecule has 3 amide bonds. The number of piperidine rings is 2. The van der Waals surface area contributed by atoms with Gasteiger partial charge in [0.05, 0.1) is 10.4 Å². The number of nitrogens with zero attached hydrogens (tertiary/aromatic N) is 2. The molecule has 0 aliphatic carbocycles. The number of carbonyl (C=O) groups is 3. The third-order valence-corrected chi connectivity index (χ3v) is 8.37. The summed E-state index contributed by atoms with van der Waals surface area (Å²) in [6.45, 7) is 6.05. The van der Waals surface area contributed by atoms with Gasteiger partial charge in [-0.2, -0.15) is 0 Å². The van der Waals surface area contributed by atoms with Gasteiger partial charge >= 0.3 is 0 Å². The largest absolute Gasteiger partial charge is 0.303 e. The summed E-state index contributed by atoms with van der Waals surface area (Å²) >= 11 is 5.70. The van der Waals surface area contributed by atoms with Crippen molar-refractivity contribution in [2.24, 2.45) is 0 Å². The molecule has 0 spiro atoms. The maximum absolute atomic E-state index is 14.4. The first-order valence-electron chi connectivity index (χ1n) is 12.7. The molecule has 1 N–H and O–H groups in total. The zero-order chi connectivity index (χ0) is 26.5. The number of likely N-dealkylation sites (tertiary alicyclic amines) is 1. The van der Waals surface area contributed by atoms with Crippen molar-refractivity contribution < 1.29 is 23.2 Å². The van der Waals surface area contributed by atoms with Crippen molar-refractivity contribution >= 4 is 35.0 Å². The average Bonchev–Trinajstić information content (AvgIpc) is 3.07. The molecule has 37 heavy (non-hydrogen) atoms. The van der Waals surface area contributed by atoms with E-state index in [1.807, 2.05) is 32.0 Å². The van der Waals surface area contributed by atoms with Gasteiger partial charge in [0.25, 0.3) is 0 Å². The Labute approximate surface area is 219 Å². The van der Waals surface area contributed by atoms with Crippen molar-refractivity contribution in [1.82, 2.24) is 10.2 Å². The predicted octanol–water partition coefficient (Wildman–Crippen LogP) is 4.47. The molecular formula is C28H30ClF2N3O3. The third-order valence-electron chi connectivity index (χ3n) is 8.08. The zero-order valence-electron chi connectivity index (χ0n) is 21.0. The Morgan fingerprint density at radius 1 is 1.03 bits per heavy atom. The minimum absolute atomic E-state index is 0.0531. The molecule has 2 fully saturated rings. The van der Waals surface area contributed by atoms with Crippen molar-refractivity contribution in [2.45, 2.75) is 63.3 Å². The van der Waals surface area contributed by atoms with Crippen molar-refractivity contribution in [3.8, 4) is 0 Å². The Kier molecular flexibility index (Phi) is 6.83. The molecule has 6 nitrogen and oxygen atoms in total. The summed E-state index contributed by atoms with van der Waals surface area (Å²) in [4.78, 5) is 41.6. The minimum Gasteiger partial charge on any atom is -0.303 e. The molecule has 0 radical (unpaired) electrons. The number of carbonyl (C=O) groups excluding carboxylic acids is 3. The van der Waals surface area contributed by atoms with Crippen LogP contribution >= 0.6 is 11.6 Å². The molecule has 3 heterocycles. The first-order chi connectivity index (χ1) is 17.6. The van der Waals surface area contributed by atoms with Gasteiger partial charge < -0.3 is 4.90 Å². The Morgan fingerprint density at radius 3 is 2.46 bits per heavy atom. The van der Waals surface area contributed by atoms with Crippen LogP contribution < -0.4 is 10.2 Å². The molecule has 0 aromatic heterocycles. The second kappa shape index (κ2) is 9.80. The van der Waals surface area contributed by atoms with E-state index >= 15 is 0 Å². The number of imide groups is 1. The van der Waals surface area contributed by atoms with Crippen LogP contribution in [0.25, 0.3) is 0 Å². The number of halogens is 3. The number of amides is 3. The Morgan fingerprint density at radius 2 is 1.76 bits per heavy atom. The van der Waals surface area contributed by atoms with Gasteiger partial charge in [-0.05, 0) is 87.4 Å². The van der Waals surface area contributed by atoms with Crippen molar-refractivity contribution in [2.75, 3.05) is 24.5 Å². The smallest absolute Gasteiger partial charge is 0.249 e. The van der Waals surface area contributed by atoms with E-state index in [2.05, 4.69) is 10.2 Å². The Balaban J connectivity index is 1.29. The van der Waals surface area contributed by atoms with Gasteiger partial charge in [-0.1, -0.05) is 29.8 Å². The van der Waals surface area contributed by atoms with Gasteiger partial charge in [0, 0.05) is 18.7 Å². The van der Waals surface area contributed by atoms with Crippen molar-refractivity contribution in [3.63, 3.8) is 0 Å². The highest BCUT2D eigenvalue weighted by molar-refractivity contribution is 6.30. The van der Waals surface area contributed by atoms with Crippen LogP contribution in [0.2, 0.25) is 5.02 Å². The highest BCUT2D eigenvalue weighted by atomic mass is 35.5. The number of hydrogen-bond acceptors (Lipinski definition) is 4. The average molecular weight is 530 g/mol. The molecule has 3 aliphatic heterocycles. The second-order valence-electron chi connectivity index (χ2n) is 10.7. The minimum atomic E-state index is -0.983. The van der Waals surface area contributed by atoms with Gasteiger partial charge in [0.15, 0.2) is 11.6 Å². The molecule has 0 bridgehead atoms. The number of anilines is 1. The number of rotatable bonds is 5. The van der Waals surface area contributed by atoms with Crippen LogP contribution in [0.5, 0.6) is 0 Å². The fraction of sp³-hybridized carbons (Fsp3) is 0.464. The third kappa shape index (κ3) is 4.55. The summed E-state index contributed by atoms with van der Waals surface area (Å²) < 4.78 is 28.3. The number of fused-ring (bicyclic) bond motifs is 1. The topological polar surface area (TPSA) is 69.7 Å². The summed E-state index contributed by atoms with van der Waals surface area (Å²) in [5.41, 5.74) is 2.31. The van der Waals surface area contributed by atoms with E-state index in [0.717, 1.165) is 55.7 Å². The number of benzene rings is 2. The summed E-state index contributed by atoms with van der Waals surface area (Å²) in [5.74, 6) is -2.77. The predicted molar refractivity (Wildman–Crippen MR) is 137 cm³/mol.